The first-order valence-corrected chi connectivity index (χ1v) is 7.09. The molecule has 6 nitrogen and oxygen atoms in total. The standard InChI is InChI=1S/C14H21N3O3/c1-3-14(4-2)10-11(6-8-20-14)16-13-9-12(17(18)19)5-7-15-13/h5,7,9,11H,3-4,6,8,10H2,1-2H3,(H,15,16). The second kappa shape index (κ2) is 6.17. The fraction of sp³-hybridized carbons (Fsp3) is 0.643. The van der Waals surface area contributed by atoms with E-state index in [1.165, 1.54) is 18.3 Å². The summed E-state index contributed by atoms with van der Waals surface area (Å²) in [7, 11) is 0. The molecule has 0 spiro atoms. The van der Waals surface area contributed by atoms with Crippen LogP contribution >= 0.6 is 0 Å². The van der Waals surface area contributed by atoms with Gasteiger partial charge in [-0.15, -0.1) is 0 Å². The van der Waals surface area contributed by atoms with Crippen molar-refractivity contribution in [1.82, 2.24) is 4.98 Å². The highest BCUT2D eigenvalue weighted by molar-refractivity contribution is 5.44. The third kappa shape index (κ3) is 3.25. The van der Waals surface area contributed by atoms with Crippen molar-refractivity contribution >= 4 is 11.5 Å². The van der Waals surface area contributed by atoms with E-state index in [2.05, 4.69) is 24.1 Å². The number of pyridine rings is 1. The number of anilines is 1. The third-order valence-electron chi connectivity index (χ3n) is 4.09. The maximum absolute atomic E-state index is 10.8. The predicted octanol–water partition coefficient (Wildman–Crippen LogP) is 3.14. The summed E-state index contributed by atoms with van der Waals surface area (Å²) < 4.78 is 5.93. The molecule has 0 aromatic carbocycles. The molecular weight excluding hydrogens is 258 g/mol. The summed E-state index contributed by atoms with van der Waals surface area (Å²) in [5, 5.41) is 14.1. The molecule has 1 N–H and O–H groups in total. The van der Waals surface area contributed by atoms with Crippen molar-refractivity contribution in [2.45, 2.75) is 51.2 Å². The van der Waals surface area contributed by atoms with Gasteiger partial charge in [-0.3, -0.25) is 10.1 Å². The number of aromatic nitrogens is 1. The lowest BCUT2D eigenvalue weighted by Gasteiger charge is -2.40. The summed E-state index contributed by atoms with van der Waals surface area (Å²) in [4.78, 5) is 14.5. The van der Waals surface area contributed by atoms with Crippen molar-refractivity contribution < 1.29 is 9.66 Å². The Morgan fingerprint density at radius 3 is 2.95 bits per heavy atom. The number of nitrogens with zero attached hydrogens (tertiary/aromatic N) is 2. The summed E-state index contributed by atoms with van der Waals surface area (Å²) in [5.41, 5.74) is -0.0109. The van der Waals surface area contributed by atoms with Crippen LogP contribution in [0.1, 0.15) is 39.5 Å². The van der Waals surface area contributed by atoms with Gasteiger partial charge in [0.15, 0.2) is 0 Å². The number of hydrogen-bond donors (Lipinski definition) is 1. The molecule has 1 aliphatic heterocycles. The Morgan fingerprint density at radius 2 is 2.30 bits per heavy atom. The van der Waals surface area contributed by atoms with E-state index < -0.39 is 4.92 Å². The average molecular weight is 279 g/mol. The van der Waals surface area contributed by atoms with Gasteiger partial charge in [0.2, 0.25) is 0 Å². The highest BCUT2D eigenvalue weighted by Gasteiger charge is 2.34. The molecule has 110 valence electrons. The SMILES string of the molecule is CCC1(CC)CC(Nc2cc([N+](=O)[O-])ccn2)CCO1. The van der Waals surface area contributed by atoms with E-state index >= 15 is 0 Å². The number of hydrogen-bond acceptors (Lipinski definition) is 5. The molecule has 1 saturated heterocycles. The molecule has 1 aromatic rings. The fourth-order valence-electron chi connectivity index (χ4n) is 2.71. The van der Waals surface area contributed by atoms with E-state index in [4.69, 9.17) is 4.74 Å². The van der Waals surface area contributed by atoms with Crippen molar-refractivity contribution in [3.05, 3.63) is 28.4 Å². The van der Waals surface area contributed by atoms with Gasteiger partial charge < -0.3 is 10.1 Å². The molecule has 1 aromatic heterocycles. The van der Waals surface area contributed by atoms with E-state index in [9.17, 15) is 10.1 Å². The maximum atomic E-state index is 10.8. The summed E-state index contributed by atoms with van der Waals surface area (Å²) in [5.74, 6) is 0.562. The molecule has 0 amide bonds. The summed E-state index contributed by atoms with van der Waals surface area (Å²) in [6.07, 6.45) is 5.22. The number of nitrogens with one attached hydrogen (secondary N) is 1. The van der Waals surface area contributed by atoms with Crippen LogP contribution in [0.5, 0.6) is 0 Å². The molecule has 1 fully saturated rings. The quantitative estimate of drug-likeness (QED) is 0.661. The van der Waals surface area contributed by atoms with Gasteiger partial charge in [0, 0.05) is 24.9 Å². The highest BCUT2D eigenvalue weighted by Crippen LogP contribution is 2.32. The minimum atomic E-state index is -0.404. The van der Waals surface area contributed by atoms with Crippen molar-refractivity contribution in [2.24, 2.45) is 0 Å². The molecule has 0 saturated carbocycles. The molecule has 1 atom stereocenters. The second-order valence-electron chi connectivity index (χ2n) is 5.23. The van der Waals surface area contributed by atoms with Crippen LogP contribution in [0.25, 0.3) is 0 Å². The van der Waals surface area contributed by atoms with Gasteiger partial charge in [0.1, 0.15) is 5.82 Å². The van der Waals surface area contributed by atoms with E-state index in [-0.39, 0.29) is 17.3 Å². The lowest BCUT2D eigenvalue weighted by molar-refractivity contribution is -0.384. The first-order valence-electron chi connectivity index (χ1n) is 7.09. The molecule has 0 bridgehead atoms. The Bertz CT molecular complexity index is 474. The smallest absolute Gasteiger partial charge is 0.274 e. The molecule has 6 heteroatoms. The Morgan fingerprint density at radius 1 is 1.55 bits per heavy atom. The normalized spacial score (nSPS) is 21.4. The van der Waals surface area contributed by atoms with Crippen molar-refractivity contribution in [1.29, 1.82) is 0 Å². The van der Waals surface area contributed by atoms with E-state index in [1.807, 2.05) is 0 Å². The largest absolute Gasteiger partial charge is 0.375 e. The lowest BCUT2D eigenvalue weighted by atomic mass is 9.86. The monoisotopic (exact) mass is 279 g/mol. The van der Waals surface area contributed by atoms with E-state index in [0.29, 0.717) is 12.4 Å². The number of rotatable bonds is 5. The second-order valence-corrected chi connectivity index (χ2v) is 5.23. The van der Waals surface area contributed by atoms with Crippen molar-refractivity contribution in [3.63, 3.8) is 0 Å². The molecule has 2 rings (SSSR count). The molecule has 0 aliphatic carbocycles. The average Bonchev–Trinajstić information content (AvgIpc) is 2.47. The van der Waals surface area contributed by atoms with Crippen LogP contribution < -0.4 is 5.32 Å². The van der Waals surface area contributed by atoms with Crippen molar-refractivity contribution in [3.8, 4) is 0 Å². The minimum Gasteiger partial charge on any atom is -0.375 e. The first-order chi connectivity index (χ1) is 9.58. The zero-order valence-electron chi connectivity index (χ0n) is 12.0. The van der Waals surface area contributed by atoms with Crippen LogP contribution in [0.3, 0.4) is 0 Å². The lowest BCUT2D eigenvalue weighted by Crippen LogP contribution is -2.43. The summed E-state index contributed by atoms with van der Waals surface area (Å²) in [6, 6.07) is 3.13. The van der Waals surface area contributed by atoms with Crippen LogP contribution in [0.2, 0.25) is 0 Å². The molecular formula is C14H21N3O3. The van der Waals surface area contributed by atoms with Gasteiger partial charge in [-0.1, -0.05) is 13.8 Å². The van der Waals surface area contributed by atoms with E-state index in [1.54, 1.807) is 0 Å². The van der Waals surface area contributed by atoms with E-state index in [0.717, 1.165) is 25.7 Å². The van der Waals surface area contributed by atoms with Crippen LogP contribution in [0, 0.1) is 10.1 Å². The number of ether oxygens (including phenoxy) is 1. The Hall–Kier alpha value is -1.69. The van der Waals surface area contributed by atoms with Gasteiger partial charge >= 0.3 is 0 Å². The van der Waals surface area contributed by atoms with Gasteiger partial charge in [0.05, 0.1) is 16.6 Å². The minimum absolute atomic E-state index is 0.0619. The topological polar surface area (TPSA) is 77.3 Å². The summed E-state index contributed by atoms with van der Waals surface area (Å²) in [6.45, 7) is 4.99. The van der Waals surface area contributed by atoms with Crippen LogP contribution in [-0.4, -0.2) is 28.2 Å². The Labute approximate surface area is 118 Å². The van der Waals surface area contributed by atoms with Crippen molar-refractivity contribution in [2.75, 3.05) is 11.9 Å². The maximum Gasteiger partial charge on any atom is 0.274 e. The number of nitro groups is 1. The third-order valence-corrected chi connectivity index (χ3v) is 4.09. The Balaban J connectivity index is 2.06. The zero-order valence-corrected chi connectivity index (χ0v) is 12.0. The highest BCUT2D eigenvalue weighted by atomic mass is 16.6. The van der Waals surface area contributed by atoms with Crippen LogP contribution in [0.15, 0.2) is 18.3 Å². The molecule has 1 unspecified atom stereocenters. The van der Waals surface area contributed by atoms with Crippen LogP contribution in [0.4, 0.5) is 11.5 Å². The molecule has 1 aliphatic rings. The molecule has 0 radical (unpaired) electrons. The summed E-state index contributed by atoms with van der Waals surface area (Å²) >= 11 is 0. The molecule has 20 heavy (non-hydrogen) atoms. The predicted molar refractivity (Wildman–Crippen MR) is 76.8 cm³/mol. The van der Waals surface area contributed by atoms with Gasteiger partial charge in [-0.2, -0.15) is 0 Å². The molecule has 2 heterocycles. The zero-order chi connectivity index (χ0) is 14.6. The van der Waals surface area contributed by atoms with Crippen LogP contribution in [-0.2, 0) is 4.74 Å². The van der Waals surface area contributed by atoms with Gasteiger partial charge in [-0.05, 0) is 25.7 Å². The van der Waals surface area contributed by atoms with Gasteiger partial charge in [0.25, 0.3) is 5.69 Å². The fourth-order valence-corrected chi connectivity index (χ4v) is 2.71. The first kappa shape index (κ1) is 14.7. The Kier molecular flexibility index (Phi) is 4.54. The van der Waals surface area contributed by atoms with Gasteiger partial charge in [-0.25, -0.2) is 4.98 Å².